The Labute approximate surface area is 136 Å². The SMILES string of the molecule is O=C(CCl)Nc1cc(NC(=O)CCl)cc(NC(=O)CCl)c1. The van der Waals surface area contributed by atoms with E-state index in [9.17, 15) is 14.4 Å². The van der Waals surface area contributed by atoms with Crippen LogP contribution in [0.15, 0.2) is 18.2 Å². The van der Waals surface area contributed by atoms with Crippen molar-refractivity contribution in [3.63, 3.8) is 0 Å². The van der Waals surface area contributed by atoms with Crippen LogP contribution in [0, 0.1) is 0 Å². The van der Waals surface area contributed by atoms with Crippen LogP contribution in [0.25, 0.3) is 0 Å². The summed E-state index contributed by atoms with van der Waals surface area (Å²) in [6.45, 7) is 0. The molecule has 0 aliphatic rings. The summed E-state index contributed by atoms with van der Waals surface area (Å²) < 4.78 is 0. The van der Waals surface area contributed by atoms with Crippen LogP contribution >= 0.6 is 34.8 Å². The number of hydrogen-bond acceptors (Lipinski definition) is 3. The molecule has 1 aromatic carbocycles. The standard InChI is InChI=1S/C12H12Cl3N3O3/c13-4-10(19)16-7-1-8(17-11(20)5-14)3-9(2-7)18-12(21)6-15/h1-3H,4-6H2,(H,16,19)(H,17,20)(H,18,21). The van der Waals surface area contributed by atoms with Gasteiger partial charge in [0.05, 0.1) is 0 Å². The van der Waals surface area contributed by atoms with E-state index >= 15 is 0 Å². The summed E-state index contributed by atoms with van der Waals surface area (Å²) in [7, 11) is 0. The average Bonchev–Trinajstić information content (AvgIpc) is 2.46. The Hall–Kier alpha value is -1.50. The van der Waals surface area contributed by atoms with Crippen LogP contribution in [0.2, 0.25) is 0 Å². The molecule has 0 saturated carbocycles. The number of carbonyl (C=O) groups is 3. The van der Waals surface area contributed by atoms with Gasteiger partial charge in [-0.2, -0.15) is 0 Å². The zero-order valence-corrected chi connectivity index (χ0v) is 13.0. The molecule has 114 valence electrons. The minimum atomic E-state index is -0.424. The molecule has 0 spiro atoms. The molecule has 9 heteroatoms. The summed E-state index contributed by atoms with van der Waals surface area (Å²) in [4.78, 5) is 33.9. The molecule has 1 rings (SSSR count). The highest BCUT2D eigenvalue weighted by atomic mass is 35.5. The molecular weight excluding hydrogens is 341 g/mol. The normalized spacial score (nSPS) is 9.86. The molecule has 0 saturated heterocycles. The van der Waals surface area contributed by atoms with Crippen LogP contribution in [0.5, 0.6) is 0 Å². The molecular formula is C12H12Cl3N3O3. The number of anilines is 3. The summed E-state index contributed by atoms with van der Waals surface area (Å²) in [5.74, 6) is -1.93. The largest absolute Gasteiger partial charge is 0.325 e. The van der Waals surface area contributed by atoms with E-state index in [1.165, 1.54) is 18.2 Å². The zero-order valence-electron chi connectivity index (χ0n) is 10.7. The van der Waals surface area contributed by atoms with Crippen LogP contribution < -0.4 is 16.0 Å². The van der Waals surface area contributed by atoms with Crippen molar-refractivity contribution in [1.82, 2.24) is 0 Å². The Kier molecular flexibility index (Phi) is 7.28. The molecule has 0 bridgehead atoms. The Morgan fingerprint density at radius 2 is 0.905 bits per heavy atom. The summed E-state index contributed by atoms with van der Waals surface area (Å²) in [6, 6.07) is 4.52. The third kappa shape index (κ3) is 6.20. The molecule has 21 heavy (non-hydrogen) atoms. The summed E-state index contributed by atoms with van der Waals surface area (Å²) >= 11 is 16.2. The number of hydrogen-bond donors (Lipinski definition) is 3. The van der Waals surface area contributed by atoms with Gasteiger partial charge in [-0.15, -0.1) is 34.8 Å². The molecule has 0 aliphatic heterocycles. The number of nitrogens with one attached hydrogen (secondary N) is 3. The van der Waals surface area contributed by atoms with E-state index in [2.05, 4.69) is 16.0 Å². The second-order valence-electron chi connectivity index (χ2n) is 3.84. The van der Waals surface area contributed by atoms with Gasteiger partial charge >= 0.3 is 0 Å². The lowest BCUT2D eigenvalue weighted by molar-refractivity contribution is -0.114. The smallest absolute Gasteiger partial charge is 0.239 e. The van der Waals surface area contributed by atoms with E-state index in [-0.39, 0.29) is 17.6 Å². The van der Waals surface area contributed by atoms with Gasteiger partial charge in [0.1, 0.15) is 17.6 Å². The maximum absolute atomic E-state index is 11.3. The van der Waals surface area contributed by atoms with Crippen LogP contribution in [0.4, 0.5) is 17.1 Å². The second-order valence-corrected chi connectivity index (χ2v) is 4.65. The minimum absolute atomic E-state index is 0.221. The molecule has 6 nitrogen and oxygen atoms in total. The van der Waals surface area contributed by atoms with E-state index in [4.69, 9.17) is 34.8 Å². The van der Waals surface area contributed by atoms with E-state index in [1.807, 2.05) is 0 Å². The molecule has 0 heterocycles. The van der Waals surface area contributed by atoms with Crippen molar-refractivity contribution >= 4 is 69.6 Å². The van der Waals surface area contributed by atoms with E-state index in [0.717, 1.165) is 0 Å². The van der Waals surface area contributed by atoms with Gasteiger partial charge < -0.3 is 16.0 Å². The highest BCUT2D eigenvalue weighted by Gasteiger charge is 2.08. The predicted molar refractivity (Wildman–Crippen MR) is 84.5 cm³/mol. The number of benzene rings is 1. The molecule has 0 fully saturated rings. The Morgan fingerprint density at radius 3 is 1.10 bits per heavy atom. The molecule has 3 N–H and O–H groups in total. The third-order valence-corrected chi connectivity index (χ3v) is 2.88. The molecule has 1 aromatic rings. The van der Waals surface area contributed by atoms with Crippen molar-refractivity contribution in [3.05, 3.63) is 18.2 Å². The Morgan fingerprint density at radius 1 is 0.667 bits per heavy atom. The van der Waals surface area contributed by atoms with Gasteiger partial charge in [-0.1, -0.05) is 0 Å². The maximum Gasteiger partial charge on any atom is 0.239 e. The lowest BCUT2D eigenvalue weighted by atomic mass is 10.2. The van der Waals surface area contributed by atoms with Gasteiger partial charge in [0, 0.05) is 17.1 Å². The average molecular weight is 353 g/mol. The molecule has 0 unspecified atom stereocenters. The summed E-state index contributed by atoms with van der Waals surface area (Å²) in [5, 5.41) is 7.55. The molecule has 0 aliphatic carbocycles. The lowest BCUT2D eigenvalue weighted by Gasteiger charge is -2.11. The predicted octanol–water partition coefficient (Wildman–Crippen LogP) is 2.22. The van der Waals surface area contributed by atoms with Crippen LogP contribution in [-0.4, -0.2) is 35.4 Å². The first kappa shape index (κ1) is 17.6. The zero-order chi connectivity index (χ0) is 15.8. The third-order valence-electron chi connectivity index (χ3n) is 2.15. The monoisotopic (exact) mass is 351 g/mol. The van der Waals surface area contributed by atoms with Gasteiger partial charge in [0.2, 0.25) is 17.7 Å². The summed E-state index contributed by atoms with van der Waals surface area (Å²) in [5.41, 5.74) is 1.08. The quantitative estimate of drug-likeness (QED) is 0.686. The van der Waals surface area contributed by atoms with Gasteiger partial charge in [-0.05, 0) is 18.2 Å². The molecule has 0 atom stereocenters. The topological polar surface area (TPSA) is 87.3 Å². The van der Waals surface area contributed by atoms with Gasteiger partial charge in [0.25, 0.3) is 0 Å². The minimum Gasteiger partial charge on any atom is -0.325 e. The van der Waals surface area contributed by atoms with E-state index < -0.39 is 17.7 Å². The number of amides is 3. The van der Waals surface area contributed by atoms with Crippen molar-refractivity contribution < 1.29 is 14.4 Å². The molecule has 3 amide bonds. The van der Waals surface area contributed by atoms with Gasteiger partial charge in [-0.25, -0.2) is 0 Å². The fourth-order valence-electron chi connectivity index (χ4n) is 1.43. The first-order valence-corrected chi connectivity index (χ1v) is 7.31. The van der Waals surface area contributed by atoms with Crippen molar-refractivity contribution in [2.75, 3.05) is 33.6 Å². The first-order chi connectivity index (χ1) is 9.98. The fourth-order valence-corrected chi connectivity index (χ4v) is 1.63. The van der Waals surface area contributed by atoms with Crippen molar-refractivity contribution in [2.45, 2.75) is 0 Å². The lowest BCUT2D eigenvalue weighted by Crippen LogP contribution is -2.17. The number of carbonyl (C=O) groups excluding carboxylic acids is 3. The van der Waals surface area contributed by atoms with Crippen molar-refractivity contribution in [1.29, 1.82) is 0 Å². The molecule has 0 radical (unpaired) electrons. The molecule has 0 aromatic heterocycles. The fraction of sp³-hybridized carbons (Fsp3) is 0.250. The van der Waals surface area contributed by atoms with Crippen LogP contribution in [0.3, 0.4) is 0 Å². The van der Waals surface area contributed by atoms with Gasteiger partial charge in [0.15, 0.2) is 0 Å². The Balaban J connectivity index is 3.03. The van der Waals surface area contributed by atoms with Gasteiger partial charge in [-0.3, -0.25) is 14.4 Å². The summed E-state index contributed by atoms with van der Waals surface area (Å²) in [6.07, 6.45) is 0. The van der Waals surface area contributed by atoms with Crippen molar-refractivity contribution in [3.8, 4) is 0 Å². The Bertz CT molecular complexity index is 463. The van der Waals surface area contributed by atoms with Crippen LogP contribution in [-0.2, 0) is 14.4 Å². The maximum atomic E-state index is 11.3. The van der Waals surface area contributed by atoms with E-state index in [0.29, 0.717) is 17.1 Å². The highest BCUT2D eigenvalue weighted by Crippen LogP contribution is 2.23. The van der Waals surface area contributed by atoms with Crippen LogP contribution in [0.1, 0.15) is 0 Å². The highest BCUT2D eigenvalue weighted by molar-refractivity contribution is 6.30. The number of halogens is 3. The number of rotatable bonds is 6. The van der Waals surface area contributed by atoms with E-state index in [1.54, 1.807) is 0 Å². The first-order valence-electron chi connectivity index (χ1n) is 5.71. The number of alkyl halides is 3. The second kappa shape index (κ2) is 8.71. The van der Waals surface area contributed by atoms with Crippen molar-refractivity contribution in [2.24, 2.45) is 0 Å².